The van der Waals surface area contributed by atoms with Crippen molar-refractivity contribution in [2.45, 2.75) is 52.2 Å². The van der Waals surface area contributed by atoms with Crippen molar-refractivity contribution in [1.82, 2.24) is 5.32 Å². The predicted molar refractivity (Wildman–Crippen MR) is 109 cm³/mol. The van der Waals surface area contributed by atoms with Gasteiger partial charge < -0.3 is 19.5 Å². The Morgan fingerprint density at radius 2 is 1.93 bits per heavy atom. The first-order valence-electron chi connectivity index (χ1n) is 9.97. The van der Waals surface area contributed by atoms with Crippen molar-refractivity contribution in [1.29, 1.82) is 0 Å². The van der Waals surface area contributed by atoms with Crippen LogP contribution in [-0.4, -0.2) is 25.7 Å². The van der Waals surface area contributed by atoms with Gasteiger partial charge in [-0.2, -0.15) is 0 Å². The highest BCUT2D eigenvalue weighted by atomic mass is 16.5. The largest absolute Gasteiger partial charge is 0.493 e. The summed E-state index contributed by atoms with van der Waals surface area (Å²) in [6.07, 6.45) is 3.95. The zero-order chi connectivity index (χ0) is 19.9. The smallest absolute Gasteiger partial charge is 0.261 e. The third-order valence-corrected chi connectivity index (χ3v) is 5.02. The second-order valence-electron chi connectivity index (χ2n) is 7.00. The monoisotopic (exact) mass is 383 g/mol. The molecule has 3 rings (SSSR count). The van der Waals surface area contributed by atoms with Crippen LogP contribution in [0.15, 0.2) is 36.4 Å². The summed E-state index contributed by atoms with van der Waals surface area (Å²) in [5, 5.41) is 2.95. The second-order valence-corrected chi connectivity index (χ2v) is 7.00. The van der Waals surface area contributed by atoms with Crippen molar-refractivity contribution in [3.05, 3.63) is 53.1 Å². The van der Waals surface area contributed by atoms with Gasteiger partial charge in [-0.15, -0.1) is 0 Å². The average molecular weight is 383 g/mol. The molecule has 0 saturated heterocycles. The first kappa shape index (κ1) is 20.1. The number of amides is 1. The number of methoxy groups -OCH3 is 1. The summed E-state index contributed by atoms with van der Waals surface area (Å²) < 4.78 is 16.9. The Morgan fingerprint density at radius 1 is 1.11 bits per heavy atom. The molecule has 1 unspecified atom stereocenters. The molecular weight excluding hydrogens is 354 g/mol. The summed E-state index contributed by atoms with van der Waals surface area (Å²) >= 11 is 0. The average Bonchev–Trinajstić information content (AvgIpc) is 2.72. The fourth-order valence-electron chi connectivity index (χ4n) is 3.53. The lowest BCUT2D eigenvalue weighted by Crippen LogP contribution is -2.36. The van der Waals surface area contributed by atoms with Crippen LogP contribution in [0, 0.1) is 0 Å². The van der Waals surface area contributed by atoms with Crippen LogP contribution in [-0.2, 0) is 24.2 Å². The first-order valence-corrected chi connectivity index (χ1v) is 9.97. The summed E-state index contributed by atoms with van der Waals surface area (Å²) in [6.45, 7) is 4.67. The molecule has 1 amide bonds. The van der Waals surface area contributed by atoms with Crippen LogP contribution in [0.5, 0.6) is 17.2 Å². The van der Waals surface area contributed by atoms with Gasteiger partial charge in [0.25, 0.3) is 5.91 Å². The number of aryl methyl sites for hydroxylation is 1. The van der Waals surface area contributed by atoms with E-state index in [0.717, 1.165) is 24.2 Å². The number of fused-ring (bicyclic) bond motifs is 1. The van der Waals surface area contributed by atoms with Crippen LogP contribution in [0.3, 0.4) is 0 Å². The molecule has 1 N–H and O–H groups in total. The molecule has 150 valence electrons. The van der Waals surface area contributed by atoms with Crippen molar-refractivity contribution in [3.8, 4) is 17.2 Å². The highest BCUT2D eigenvalue weighted by Crippen LogP contribution is 2.30. The van der Waals surface area contributed by atoms with Gasteiger partial charge in [-0.25, -0.2) is 0 Å². The Hall–Kier alpha value is -2.69. The van der Waals surface area contributed by atoms with E-state index in [0.29, 0.717) is 24.7 Å². The van der Waals surface area contributed by atoms with E-state index in [1.165, 1.54) is 24.0 Å². The minimum Gasteiger partial charge on any atom is -0.493 e. The zero-order valence-electron chi connectivity index (χ0n) is 16.9. The van der Waals surface area contributed by atoms with E-state index in [9.17, 15) is 4.79 Å². The van der Waals surface area contributed by atoms with E-state index in [-0.39, 0.29) is 5.91 Å². The van der Waals surface area contributed by atoms with Gasteiger partial charge in [-0.05, 0) is 74.4 Å². The molecule has 2 aromatic carbocycles. The van der Waals surface area contributed by atoms with E-state index in [1.54, 1.807) is 14.0 Å². The van der Waals surface area contributed by atoms with Gasteiger partial charge in [0.2, 0.25) is 0 Å². The van der Waals surface area contributed by atoms with E-state index in [4.69, 9.17) is 14.2 Å². The fraction of sp³-hybridized carbons (Fsp3) is 0.435. The molecule has 0 spiro atoms. The van der Waals surface area contributed by atoms with Gasteiger partial charge in [0.15, 0.2) is 17.6 Å². The summed E-state index contributed by atoms with van der Waals surface area (Å²) in [5.74, 6) is 2.06. The maximum absolute atomic E-state index is 12.5. The Balaban J connectivity index is 1.60. The quantitative estimate of drug-likeness (QED) is 0.747. The summed E-state index contributed by atoms with van der Waals surface area (Å²) in [4.78, 5) is 12.5. The van der Waals surface area contributed by atoms with Crippen LogP contribution in [0.25, 0.3) is 0 Å². The van der Waals surface area contributed by atoms with Crippen LogP contribution in [0.4, 0.5) is 0 Å². The van der Waals surface area contributed by atoms with Crippen LogP contribution in [0.1, 0.15) is 43.4 Å². The molecule has 2 aromatic rings. The van der Waals surface area contributed by atoms with Gasteiger partial charge in [0.1, 0.15) is 5.75 Å². The minimum atomic E-state index is -0.557. The Bertz CT molecular complexity index is 818. The lowest BCUT2D eigenvalue weighted by molar-refractivity contribution is -0.127. The molecule has 1 atom stereocenters. The standard InChI is InChI=1S/C23H29NO4/c1-4-27-22-14-17(12-13-21(22)26-3)15-24-23(25)16(2)28-20-11-7-9-18-8-5-6-10-19(18)20/h7,9,11-14,16H,4-6,8,10,15H2,1-3H3,(H,24,25). The van der Waals surface area contributed by atoms with Gasteiger partial charge in [-0.3, -0.25) is 4.79 Å². The fourth-order valence-corrected chi connectivity index (χ4v) is 3.53. The minimum absolute atomic E-state index is 0.137. The van der Waals surface area contributed by atoms with Crippen molar-refractivity contribution in [2.24, 2.45) is 0 Å². The number of hydrogen-bond donors (Lipinski definition) is 1. The molecule has 0 saturated carbocycles. The van der Waals surface area contributed by atoms with Gasteiger partial charge in [-0.1, -0.05) is 18.2 Å². The summed E-state index contributed by atoms with van der Waals surface area (Å²) in [7, 11) is 1.61. The molecule has 5 heteroatoms. The third kappa shape index (κ3) is 4.77. The van der Waals surface area contributed by atoms with E-state index >= 15 is 0 Å². The van der Waals surface area contributed by atoms with Crippen LogP contribution < -0.4 is 19.5 Å². The van der Waals surface area contributed by atoms with E-state index in [2.05, 4.69) is 11.4 Å². The molecule has 1 aliphatic carbocycles. The van der Waals surface area contributed by atoms with E-state index in [1.807, 2.05) is 37.3 Å². The molecule has 0 aromatic heterocycles. The maximum Gasteiger partial charge on any atom is 0.261 e. The Kier molecular flexibility index (Phi) is 6.80. The molecule has 28 heavy (non-hydrogen) atoms. The number of carbonyl (C=O) groups is 1. The predicted octanol–water partition coefficient (Wildman–Crippen LogP) is 4.06. The van der Waals surface area contributed by atoms with Crippen molar-refractivity contribution in [3.63, 3.8) is 0 Å². The summed E-state index contributed by atoms with van der Waals surface area (Å²) in [6, 6.07) is 11.8. The van der Waals surface area contributed by atoms with Crippen LogP contribution >= 0.6 is 0 Å². The van der Waals surface area contributed by atoms with Gasteiger partial charge in [0.05, 0.1) is 13.7 Å². The number of rotatable bonds is 8. The highest BCUT2D eigenvalue weighted by molar-refractivity contribution is 5.80. The molecule has 1 aliphatic rings. The number of carbonyl (C=O) groups excluding carboxylic acids is 1. The molecule has 5 nitrogen and oxygen atoms in total. The van der Waals surface area contributed by atoms with Crippen molar-refractivity contribution < 1.29 is 19.0 Å². The van der Waals surface area contributed by atoms with E-state index < -0.39 is 6.10 Å². The lowest BCUT2D eigenvalue weighted by atomic mass is 9.91. The van der Waals surface area contributed by atoms with Crippen molar-refractivity contribution in [2.75, 3.05) is 13.7 Å². The molecule has 0 fully saturated rings. The SMILES string of the molecule is CCOc1cc(CNC(=O)C(C)Oc2cccc3c2CCCC3)ccc1OC. The highest BCUT2D eigenvalue weighted by Gasteiger charge is 2.19. The van der Waals surface area contributed by atoms with Crippen LogP contribution in [0.2, 0.25) is 0 Å². The third-order valence-electron chi connectivity index (χ3n) is 5.02. The van der Waals surface area contributed by atoms with Gasteiger partial charge in [0, 0.05) is 6.54 Å². The molecule has 0 radical (unpaired) electrons. The molecule has 0 heterocycles. The van der Waals surface area contributed by atoms with Gasteiger partial charge >= 0.3 is 0 Å². The first-order chi connectivity index (χ1) is 13.6. The molecule has 0 bridgehead atoms. The maximum atomic E-state index is 12.5. The number of ether oxygens (including phenoxy) is 3. The number of benzene rings is 2. The summed E-state index contributed by atoms with van der Waals surface area (Å²) in [5.41, 5.74) is 3.55. The number of hydrogen-bond acceptors (Lipinski definition) is 4. The Morgan fingerprint density at radius 3 is 2.71 bits per heavy atom. The second kappa shape index (κ2) is 9.49. The number of nitrogens with one attached hydrogen (secondary N) is 1. The molecular formula is C23H29NO4. The normalized spacial score (nSPS) is 14.0. The zero-order valence-corrected chi connectivity index (χ0v) is 16.9. The lowest BCUT2D eigenvalue weighted by Gasteiger charge is -2.22. The molecule has 0 aliphatic heterocycles. The van der Waals surface area contributed by atoms with Crippen molar-refractivity contribution >= 4 is 5.91 Å². The topological polar surface area (TPSA) is 56.8 Å². The Labute approximate surface area is 167 Å².